The molecule has 6 heteroatoms. The number of carbonyl (C=O) groups excluding carboxylic acids is 1. The van der Waals surface area contributed by atoms with E-state index >= 15 is 0 Å². The molecule has 0 aliphatic rings. The van der Waals surface area contributed by atoms with Gasteiger partial charge in [-0.05, 0) is 59.7 Å². The summed E-state index contributed by atoms with van der Waals surface area (Å²) in [6.07, 6.45) is 3.95. The predicted octanol–water partition coefficient (Wildman–Crippen LogP) is 9.09. The number of carbonyl (C=O) groups is 1. The molecule has 0 radical (unpaired) electrons. The molecule has 38 heavy (non-hydrogen) atoms. The van der Waals surface area contributed by atoms with Crippen LogP contribution in [0.3, 0.4) is 0 Å². The summed E-state index contributed by atoms with van der Waals surface area (Å²) >= 11 is 0. The van der Waals surface area contributed by atoms with Crippen LogP contribution in [0, 0.1) is 23.3 Å². The van der Waals surface area contributed by atoms with Gasteiger partial charge in [0.25, 0.3) is 0 Å². The molecule has 0 saturated carbocycles. The Morgan fingerprint density at radius 1 is 0.632 bits per heavy atom. The number of ether oxygens (including phenoxy) is 1. The van der Waals surface area contributed by atoms with E-state index in [0.29, 0.717) is 23.1 Å². The monoisotopic (exact) mass is 520 g/mol. The normalized spacial score (nSPS) is 11.0. The van der Waals surface area contributed by atoms with Gasteiger partial charge in [-0.3, -0.25) is 0 Å². The molecule has 4 aromatic rings. The quantitative estimate of drug-likeness (QED) is 0.125. The van der Waals surface area contributed by atoms with E-state index in [-0.39, 0.29) is 16.9 Å². The Hall–Kier alpha value is -3.93. The number of hydrogen-bond donors (Lipinski definition) is 0. The highest BCUT2D eigenvalue weighted by molar-refractivity contribution is 5.92. The second-order valence-corrected chi connectivity index (χ2v) is 9.15. The van der Waals surface area contributed by atoms with Crippen LogP contribution in [0.2, 0.25) is 0 Å². The molecule has 0 unspecified atom stereocenters. The molecule has 4 rings (SSSR count). The fourth-order valence-electron chi connectivity index (χ4n) is 4.31. The van der Waals surface area contributed by atoms with E-state index in [9.17, 15) is 22.4 Å². The van der Waals surface area contributed by atoms with Crippen molar-refractivity contribution in [3.8, 4) is 28.0 Å². The summed E-state index contributed by atoms with van der Waals surface area (Å²) in [5.41, 5.74) is 1.88. The largest absolute Gasteiger partial charge is 0.423 e. The summed E-state index contributed by atoms with van der Waals surface area (Å²) in [5, 5.41) is 0. The number of rotatable bonds is 9. The molecular formula is C32H28F4O2. The van der Waals surface area contributed by atoms with Crippen LogP contribution in [-0.2, 0) is 12.8 Å². The van der Waals surface area contributed by atoms with Crippen LogP contribution in [0.5, 0.6) is 5.75 Å². The van der Waals surface area contributed by atoms with E-state index < -0.39 is 34.8 Å². The molecule has 0 spiro atoms. The molecule has 0 aromatic heterocycles. The van der Waals surface area contributed by atoms with Crippen LogP contribution in [0.15, 0.2) is 72.8 Å². The lowest BCUT2D eigenvalue weighted by Gasteiger charge is -2.11. The highest BCUT2D eigenvalue weighted by Crippen LogP contribution is 2.30. The SMILES string of the molecule is CCCCc1ccc(-c2ccc(OC(=O)c3ccc(-c4ccc(CCC)cc4)c(F)c3F)cc2)c(F)c1F. The first-order valence-corrected chi connectivity index (χ1v) is 12.7. The summed E-state index contributed by atoms with van der Waals surface area (Å²) in [5.74, 6) is -5.28. The number of hydrogen-bond acceptors (Lipinski definition) is 2. The Balaban J connectivity index is 1.50. The lowest BCUT2D eigenvalue weighted by molar-refractivity contribution is 0.0728. The predicted molar refractivity (Wildman–Crippen MR) is 141 cm³/mol. The number of halogens is 4. The zero-order chi connectivity index (χ0) is 27.2. The standard InChI is InChI=1S/C32H28F4O2/c1-3-5-7-23-14-17-25(29(34)28(23)33)22-12-15-24(16-13-22)38-32(37)27-19-18-26(30(35)31(27)36)21-10-8-20(6-4-2)9-11-21/h8-19H,3-7H2,1-2H3. The third kappa shape index (κ3) is 5.80. The minimum atomic E-state index is -1.30. The highest BCUT2D eigenvalue weighted by atomic mass is 19.2. The molecule has 0 amide bonds. The Bertz CT molecular complexity index is 1430. The van der Waals surface area contributed by atoms with E-state index in [2.05, 4.69) is 6.92 Å². The van der Waals surface area contributed by atoms with E-state index in [0.717, 1.165) is 31.2 Å². The van der Waals surface area contributed by atoms with Gasteiger partial charge >= 0.3 is 5.97 Å². The molecule has 0 fully saturated rings. The van der Waals surface area contributed by atoms with E-state index in [1.54, 1.807) is 18.2 Å². The third-order valence-electron chi connectivity index (χ3n) is 6.44. The van der Waals surface area contributed by atoms with Gasteiger partial charge in [-0.25, -0.2) is 22.4 Å². The lowest BCUT2D eigenvalue weighted by Crippen LogP contribution is -2.12. The van der Waals surface area contributed by atoms with Crippen molar-refractivity contribution in [2.24, 2.45) is 0 Å². The van der Waals surface area contributed by atoms with Crippen molar-refractivity contribution in [2.45, 2.75) is 46.0 Å². The van der Waals surface area contributed by atoms with Crippen molar-refractivity contribution in [3.05, 3.63) is 113 Å². The zero-order valence-corrected chi connectivity index (χ0v) is 21.3. The van der Waals surface area contributed by atoms with Crippen LogP contribution in [0.25, 0.3) is 22.3 Å². The second-order valence-electron chi connectivity index (χ2n) is 9.15. The molecule has 0 aliphatic heterocycles. The smallest absolute Gasteiger partial charge is 0.346 e. The average molecular weight is 521 g/mol. The molecule has 0 N–H and O–H groups in total. The molecule has 0 aliphatic carbocycles. The van der Waals surface area contributed by atoms with Gasteiger partial charge in [0.15, 0.2) is 23.3 Å². The van der Waals surface area contributed by atoms with Crippen molar-refractivity contribution in [2.75, 3.05) is 0 Å². The minimum absolute atomic E-state index is 0.0430. The van der Waals surface area contributed by atoms with Crippen molar-refractivity contribution in [1.29, 1.82) is 0 Å². The maximum absolute atomic E-state index is 14.9. The Labute approximate surface area is 219 Å². The maximum Gasteiger partial charge on any atom is 0.346 e. The van der Waals surface area contributed by atoms with Crippen LogP contribution < -0.4 is 4.74 Å². The van der Waals surface area contributed by atoms with Crippen LogP contribution in [0.4, 0.5) is 17.6 Å². The topological polar surface area (TPSA) is 26.3 Å². The number of unbranched alkanes of at least 4 members (excludes halogenated alkanes) is 1. The Kier molecular flexibility index (Phi) is 8.62. The lowest BCUT2D eigenvalue weighted by atomic mass is 10.00. The zero-order valence-electron chi connectivity index (χ0n) is 21.3. The summed E-state index contributed by atoms with van der Waals surface area (Å²) in [6, 6.07) is 18.5. The first-order valence-electron chi connectivity index (χ1n) is 12.7. The summed E-state index contributed by atoms with van der Waals surface area (Å²) in [7, 11) is 0. The van der Waals surface area contributed by atoms with Crippen LogP contribution in [0.1, 0.15) is 54.6 Å². The third-order valence-corrected chi connectivity index (χ3v) is 6.44. The maximum atomic E-state index is 14.9. The van der Waals surface area contributed by atoms with Gasteiger partial charge in [0, 0.05) is 11.1 Å². The van der Waals surface area contributed by atoms with Gasteiger partial charge in [-0.1, -0.05) is 81.3 Å². The van der Waals surface area contributed by atoms with Crippen molar-refractivity contribution < 1.29 is 27.1 Å². The van der Waals surface area contributed by atoms with Crippen molar-refractivity contribution in [3.63, 3.8) is 0 Å². The minimum Gasteiger partial charge on any atom is -0.423 e. The van der Waals surface area contributed by atoms with E-state index in [1.165, 1.54) is 42.5 Å². The van der Waals surface area contributed by atoms with Crippen LogP contribution >= 0.6 is 0 Å². The average Bonchev–Trinajstić information content (AvgIpc) is 2.92. The van der Waals surface area contributed by atoms with Gasteiger partial charge in [0.1, 0.15) is 5.75 Å². The Morgan fingerprint density at radius 2 is 1.21 bits per heavy atom. The summed E-state index contributed by atoms with van der Waals surface area (Å²) in [4.78, 5) is 12.6. The van der Waals surface area contributed by atoms with E-state index in [1.807, 2.05) is 19.1 Å². The number of esters is 1. The summed E-state index contributed by atoms with van der Waals surface area (Å²) in [6.45, 7) is 4.03. The van der Waals surface area contributed by atoms with Crippen molar-refractivity contribution >= 4 is 5.97 Å². The molecule has 2 nitrogen and oxygen atoms in total. The van der Waals surface area contributed by atoms with Gasteiger partial charge in [-0.2, -0.15) is 0 Å². The van der Waals surface area contributed by atoms with Crippen LogP contribution in [-0.4, -0.2) is 5.97 Å². The first-order chi connectivity index (χ1) is 18.3. The van der Waals surface area contributed by atoms with Gasteiger partial charge in [0.05, 0.1) is 5.56 Å². The van der Waals surface area contributed by atoms with E-state index in [4.69, 9.17) is 4.74 Å². The molecule has 0 saturated heterocycles. The molecule has 196 valence electrons. The van der Waals surface area contributed by atoms with Gasteiger partial charge in [0.2, 0.25) is 0 Å². The van der Waals surface area contributed by atoms with Crippen molar-refractivity contribution in [1.82, 2.24) is 0 Å². The van der Waals surface area contributed by atoms with Gasteiger partial charge < -0.3 is 4.74 Å². The molecular weight excluding hydrogens is 492 g/mol. The highest BCUT2D eigenvalue weighted by Gasteiger charge is 2.21. The number of benzene rings is 4. The molecule has 4 aromatic carbocycles. The van der Waals surface area contributed by atoms with Gasteiger partial charge in [-0.15, -0.1) is 0 Å². The summed E-state index contributed by atoms with van der Waals surface area (Å²) < 4.78 is 64.0. The second kappa shape index (κ2) is 12.1. The molecule has 0 bridgehead atoms. The molecule has 0 heterocycles. The first kappa shape index (κ1) is 27.1. The fraction of sp³-hybridized carbons (Fsp3) is 0.219. The Morgan fingerprint density at radius 3 is 1.82 bits per heavy atom. The molecule has 0 atom stereocenters. The fourth-order valence-corrected chi connectivity index (χ4v) is 4.31. The number of aryl methyl sites for hydroxylation is 2.